The van der Waals surface area contributed by atoms with Crippen molar-refractivity contribution < 1.29 is 9.59 Å². The molecule has 1 atom stereocenters. The Hall–Kier alpha value is -1.84. The van der Waals surface area contributed by atoms with Gasteiger partial charge in [0.05, 0.1) is 0 Å². The van der Waals surface area contributed by atoms with E-state index in [4.69, 9.17) is 0 Å². The lowest BCUT2D eigenvalue weighted by Gasteiger charge is -2.18. The molecule has 0 spiro atoms. The molecule has 0 aromatic heterocycles. The van der Waals surface area contributed by atoms with E-state index in [0.717, 1.165) is 24.9 Å². The molecule has 1 N–H and O–H groups in total. The fourth-order valence-corrected chi connectivity index (χ4v) is 1.94. The number of hydrogen-bond donors (Lipinski definition) is 1. The highest BCUT2D eigenvalue weighted by atomic mass is 16.2. The molecular formula is C12H14N2O2. The van der Waals surface area contributed by atoms with E-state index in [9.17, 15) is 9.59 Å². The van der Waals surface area contributed by atoms with Gasteiger partial charge in [0.1, 0.15) is 6.04 Å². The molecule has 0 bridgehead atoms. The van der Waals surface area contributed by atoms with Crippen molar-refractivity contribution in [1.82, 2.24) is 4.90 Å². The first-order valence-corrected chi connectivity index (χ1v) is 5.38. The third-order valence-electron chi connectivity index (χ3n) is 2.77. The quantitative estimate of drug-likeness (QED) is 0.776. The summed E-state index contributed by atoms with van der Waals surface area (Å²) in [5.41, 5.74) is 0.769. The minimum absolute atomic E-state index is 0.101. The maximum absolute atomic E-state index is 11.9. The van der Waals surface area contributed by atoms with Crippen molar-refractivity contribution in [3.63, 3.8) is 0 Å². The fourth-order valence-electron chi connectivity index (χ4n) is 1.94. The molecule has 1 aliphatic rings. The summed E-state index contributed by atoms with van der Waals surface area (Å²) < 4.78 is 0. The van der Waals surface area contributed by atoms with Gasteiger partial charge in [0, 0.05) is 12.2 Å². The number of para-hydroxylation sites is 1. The number of amides is 2. The van der Waals surface area contributed by atoms with Gasteiger partial charge < -0.3 is 10.2 Å². The fraction of sp³-hybridized carbons (Fsp3) is 0.333. The first-order chi connectivity index (χ1) is 7.81. The van der Waals surface area contributed by atoms with E-state index < -0.39 is 0 Å². The standard InChI is InChI=1S/C12H14N2O2/c15-9-14-8-4-7-11(14)12(16)13-10-5-2-1-3-6-10/h1-3,5-6,9,11H,4,7-8H2,(H,13,16)/t11-/m0/s1. The molecule has 2 amide bonds. The zero-order valence-corrected chi connectivity index (χ0v) is 8.93. The number of carbonyl (C=O) groups is 2. The van der Waals surface area contributed by atoms with Crippen molar-refractivity contribution >= 4 is 18.0 Å². The normalized spacial score (nSPS) is 19.5. The molecule has 4 nitrogen and oxygen atoms in total. The van der Waals surface area contributed by atoms with Crippen LogP contribution in [0.2, 0.25) is 0 Å². The van der Waals surface area contributed by atoms with Crippen molar-refractivity contribution in [3.05, 3.63) is 30.3 Å². The molecule has 1 aromatic carbocycles. The molecule has 0 radical (unpaired) electrons. The van der Waals surface area contributed by atoms with Crippen LogP contribution < -0.4 is 5.32 Å². The average Bonchev–Trinajstić information content (AvgIpc) is 2.78. The number of hydrogen-bond acceptors (Lipinski definition) is 2. The van der Waals surface area contributed by atoms with Gasteiger partial charge in [-0.3, -0.25) is 9.59 Å². The summed E-state index contributed by atoms with van der Waals surface area (Å²) in [5.74, 6) is -0.101. The highest BCUT2D eigenvalue weighted by Gasteiger charge is 2.29. The van der Waals surface area contributed by atoms with Crippen molar-refractivity contribution in [3.8, 4) is 0 Å². The summed E-state index contributed by atoms with van der Waals surface area (Å²) >= 11 is 0. The molecular weight excluding hydrogens is 204 g/mol. The van der Waals surface area contributed by atoms with Gasteiger partial charge in [0.15, 0.2) is 0 Å². The highest BCUT2D eigenvalue weighted by molar-refractivity contribution is 5.96. The van der Waals surface area contributed by atoms with E-state index in [2.05, 4.69) is 5.32 Å². The summed E-state index contributed by atoms with van der Waals surface area (Å²) in [6.07, 6.45) is 2.39. The summed E-state index contributed by atoms with van der Waals surface area (Å²) in [6, 6.07) is 8.97. The number of carbonyl (C=O) groups excluding carboxylic acids is 2. The van der Waals surface area contributed by atoms with Crippen LogP contribution >= 0.6 is 0 Å². The Morgan fingerprint density at radius 3 is 2.81 bits per heavy atom. The smallest absolute Gasteiger partial charge is 0.247 e. The van der Waals surface area contributed by atoms with E-state index in [-0.39, 0.29) is 11.9 Å². The molecule has 2 rings (SSSR count). The first kappa shape index (κ1) is 10.7. The number of nitrogens with zero attached hydrogens (tertiary/aromatic N) is 1. The third-order valence-corrected chi connectivity index (χ3v) is 2.77. The lowest BCUT2D eigenvalue weighted by Crippen LogP contribution is -2.38. The largest absolute Gasteiger partial charge is 0.333 e. The Morgan fingerprint density at radius 1 is 1.38 bits per heavy atom. The van der Waals surface area contributed by atoms with E-state index in [1.807, 2.05) is 30.3 Å². The molecule has 84 valence electrons. The third kappa shape index (κ3) is 2.21. The van der Waals surface area contributed by atoms with Crippen LogP contribution in [0.15, 0.2) is 30.3 Å². The maximum Gasteiger partial charge on any atom is 0.247 e. The van der Waals surface area contributed by atoms with Gasteiger partial charge in [0.2, 0.25) is 12.3 Å². The number of benzene rings is 1. The molecule has 1 heterocycles. The molecule has 1 aromatic rings. The van der Waals surface area contributed by atoms with Crippen molar-refractivity contribution in [2.75, 3.05) is 11.9 Å². The first-order valence-electron chi connectivity index (χ1n) is 5.38. The molecule has 0 unspecified atom stereocenters. The topological polar surface area (TPSA) is 49.4 Å². The lowest BCUT2D eigenvalue weighted by molar-refractivity contribution is -0.127. The summed E-state index contributed by atoms with van der Waals surface area (Å²) in [5, 5.41) is 2.81. The van der Waals surface area contributed by atoms with E-state index in [1.54, 1.807) is 4.90 Å². The second-order valence-corrected chi connectivity index (χ2v) is 3.86. The highest BCUT2D eigenvalue weighted by Crippen LogP contribution is 2.17. The molecule has 0 aliphatic carbocycles. The second-order valence-electron chi connectivity index (χ2n) is 3.86. The maximum atomic E-state index is 11.9. The van der Waals surface area contributed by atoms with Crippen LogP contribution in [0, 0.1) is 0 Å². The molecule has 1 fully saturated rings. The minimum atomic E-state index is -0.308. The monoisotopic (exact) mass is 218 g/mol. The Labute approximate surface area is 94.2 Å². The summed E-state index contributed by atoms with van der Waals surface area (Å²) in [7, 11) is 0. The van der Waals surface area contributed by atoms with Gasteiger partial charge >= 0.3 is 0 Å². The Balaban J connectivity index is 2.00. The van der Waals surface area contributed by atoms with Crippen LogP contribution in [-0.4, -0.2) is 29.8 Å². The predicted molar refractivity (Wildman–Crippen MR) is 60.9 cm³/mol. The van der Waals surface area contributed by atoms with Crippen molar-refractivity contribution in [2.24, 2.45) is 0 Å². The molecule has 4 heteroatoms. The Bertz CT molecular complexity index is 378. The van der Waals surface area contributed by atoms with E-state index >= 15 is 0 Å². The number of anilines is 1. The molecule has 1 aliphatic heterocycles. The van der Waals surface area contributed by atoms with Gasteiger partial charge in [0.25, 0.3) is 0 Å². The van der Waals surface area contributed by atoms with Gasteiger partial charge in [-0.25, -0.2) is 0 Å². The number of likely N-dealkylation sites (tertiary alicyclic amines) is 1. The predicted octanol–water partition coefficient (Wildman–Crippen LogP) is 1.25. The van der Waals surface area contributed by atoms with Crippen LogP contribution in [0.5, 0.6) is 0 Å². The molecule has 0 saturated carbocycles. The summed E-state index contributed by atoms with van der Waals surface area (Å²) in [6.45, 7) is 0.677. The van der Waals surface area contributed by atoms with Gasteiger partial charge in [-0.05, 0) is 25.0 Å². The van der Waals surface area contributed by atoms with Crippen LogP contribution in [0.4, 0.5) is 5.69 Å². The second kappa shape index (κ2) is 4.79. The Kier molecular flexibility index (Phi) is 3.19. The van der Waals surface area contributed by atoms with E-state index in [1.165, 1.54) is 0 Å². The SMILES string of the molecule is O=CN1CCC[C@H]1C(=O)Nc1ccccc1. The van der Waals surface area contributed by atoms with Crippen LogP contribution in [0.3, 0.4) is 0 Å². The van der Waals surface area contributed by atoms with Crippen LogP contribution in [0.25, 0.3) is 0 Å². The molecule has 16 heavy (non-hydrogen) atoms. The molecule has 1 saturated heterocycles. The van der Waals surface area contributed by atoms with Crippen molar-refractivity contribution in [2.45, 2.75) is 18.9 Å². The minimum Gasteiger partial charge on any atom is -0.333 e. The van der Waals surface area contributed by atoms with Crippen LogP contribution in [-0.2, 0) is 9.59 Å². The average molecular weight is 218 g/mol. The zero-order valence-electron chi connectivity index (χ0n) is 8.93. The summed E-state index contributed by atoms with van der Waals surface area (Å²) in [4.78, 5) is 24.1. The van der Waals surface area contributed by atoms with Gasteiger partial charge in [-0.1, -0.05) is 18.2 Å². The number of rotatable bonds is 3. The van der Waals surface area contributed by atoms with Crippen LogP contribution in [0.1, 0.15) is 12.8 Å². The number of nitrogens with one attached hydrogen (secondary N) is 1. The zero-order chi connectivity index (χ0) is 11.4. The van der Waals surface area contributed by atoms with Gasteiger partial charge in [-0.15, -0.1) is 0 Å². The van der Waals surface area contributed by atoms with Gasteiger partial charge in [-0.2, -0.15) is 0 Å². The van der Waals surface area contributed by atoms with Crippen molar-refractivity contribution in [1.29, 1.82) is 0 Å². The van der Waals surface area contributed by atoms with E-state index in [0.29, 0.717) is 6.54 Å². The lowest BCUT2D eigenvalue weighted by atomic mass is 10.2. The Morgan fingerprint density at radius 2 is 2.12 bits per heavy atom.